The largest absolute Gasteiger partial charge is 0.465 e. The number of ether oxygens (including phenoxy) is 2. The van der Waals surface area contributed by atoms with Gasteiger partial charge in [0.15, 0.2) is 0 Å². The Kier molecular flexibility index (Phi) is 5.32. The summed E-state index contributed by atoms with van der Waals surface area (Å²) in [7, 11) is -1.24. The van der Waals surface area contributed by atoms with Crippen molar-refractivity contribution in [2.45, 2.75) is 24.3 Å². The van der Waals surface area contributed by atoms with Gasteiger partial charge in [0, 0.05) is 19.3 Å². The molecule has 0 atom stereocenters. The molecular formula is C13H20N2O5S. The first-order valence-electron chi connectivity index (χ1n) is 6.15. The third-order valence-electron chi connectivity index (χ3n) is 2.94. The maximum Gasteiger partial charge on any atom is 0.339 e. The van der Waals surface area contributed by atoms with Crippen molar-refractivity contribution in [3.05, 3.63) is 23.8 Å². The number of hydrogen-bond acceptors (Lipinski definition) is 6. The van der Waals surface area contributed by atoms with Gasteiger partial charge >= 0.3 is 5.97 Å². The van der Waals surface area contributed by atoms with Crippen LogP contribution >= 0.6 is 0 Å². The minimum atomic E-state index is -3.89. The molecule has 0 aromatic heterocycles. The molecule has 1 rings (SSSR count). The highest BCUT2D eigenvalue weighted by molar-refractivity contribution is 7.89. The molecule has 0 heterocycles. The number of methoxy groups -OCH3 is 2. The first kappa shape index (κ1) is 17.4. The van der Waals surface area contributed by atoms with Crippen molar-refractivity contribution in [1.82, 2.24) is 4.72 Å². The van der Waals surface area contributed by atoms with Gasteiger partial charge in [-0.05, 0) is 32.0 Å². The van der Waals surface area contributed by atoms with E-state index in [0.717, 1.165) is 0 Å². The number of carbonyl (C=O) groups excluding carboxylic acids is 1. The smallest absolute Gasteiger partial charge is 0.339 e. The third kappa shape index (κ3) is 4.42. The van der Waals surface area contributed by atoms with E-state index < -0.39 is 21.6 Å². The van der Waals surface area contributed by atoms with Gasteiger partial charge in [0.25, 0.3) is 0 Å². The van der Waals surface area contributed by atoms with Gasteiger partial charge in [0.2, 0.25) is 10.0 Å². The summed E-state index contributed by atoms with van der Waals surface area (Å²) in [5.74, 6) is -0.770. The summed E-state index contributed by atoms with van der Waals surface area (Å²) < 4.78 is 36.8. The first-order valence-corrected chi connectivity index (χ1v) is 7.64. The zero-order valence-corrected chi connectivity index (χ0v) is 13.3. The third-order valence-corrected chi connectivity index (χ3v) is 4.40. The van der Waals surface area contributed by atoms with E-state index in [2.05, 4.69) is 9.46 Å². The van der Waals surface area contributed by atoms with E-state index >= 15 is 0 Å². The Morgan fingerprint density at radius 3 is 2.48 bits per heavy atom. The van der Waals surface area contributed by atoms with Crippen molar-refractivity contribution in [2.75, 3.05) is 26.5 Å². The van der Waals surface area contributed by atoms with E-state index in [9.17, 15) is 13.2 Å². The summed E-state index contributed by atoms with van der Waals surface area (Å²) in [6, 6.07) is 3.94. The van der Waals surface area contributed by atoms with Crippen molar-refractivity contribution >= 4 is 21.7 Å². The van der Waals surface area contributed by atoms with Gasteiger partial charge in [-0.2, -0.15) is 0 Å². The fourth-order valence-corrected chi connectivity index (χ4v) is 2.84. The van der Waals surface area contributed by atoms with Crippen LogP contribution in [0.4, 0.5) is 5.69 Å². The Morgan fingerprint density at radius 2 is 1.95 bits per heavy atom. The van der Waals surface area contributed by atoms with E-state index in [4.69, 9.17) is 10.5 Å². The molecule has 0 unspecified atom stereocenters. The van der Waals surface area contributed by atoms with Crippen LogP contribution in [0.5, 0.6) is 0 Å². The summed E-state index contributed by atoms with van der Waals surface area (Å²) in [5.41, 5.74) is 5.07. The lowest BCUT2D eigenvalue weighted by Gasteiger charge is -2.23. The maximum absolute atomic E-state index is 12.3. The first-order chi connectivity index (χ1) is 9.63. The highest BCUT2D eigenvalue weighted by Crippen LogP contribution is 2.20. The highest BCUT2D eigenvalue weighted by atomic mass is 32.2. The molecule has 0 radical (unpaired) electrons. The van der Waals surface area contributed by atoms with Crippen molar-refractivity contribution in [1.29, 1.82) is 0 Å². The van der Waals surface area contributed by atoms with E-state index in [0.29, 0.717) is 0 Å². The van der Waals surface area contributed by atoms with Crippen LogP contribution in [0.2, 0.25) is 0 Å². The van der Waals surface area contributed by atoms with E-state index in [1.165, 1.54) is 32.4 Å². The van der Waals surface area contributed by atoms with Gasteiger partial charge in [0.05, 0.1) is 23.2 Å². The molecule has 0 saturated heterocycles. The van der Waals surface area contributed by atoms with Crippen molar-refractivity contribution in [3.63, 3.8) is 0 Å². The van der Waals surface area contributed by atoms with Gasteiger partial charge in [-0.15, -0.1) is 0 Å². The van der Waals surface area contributed by atoms with Crippen LogP contribution in [-0.2, 0) is 19.5 Å². The zero-order valence-electron chi connectivity index (χ0n) is 12.5. The summed E-state index contributed by atoms with van der Waals surface area (Å²) in [6.07, 6.45) is 0. The maximum atomic E-state index is 12.3. The molecule has 0 aliphatic heterocycles. The van der Waals surface area contributed by atoms with E-state index in [1.807, 2.05) is 0 Å². The van der Waals surface area contributed by atoms with Crippen LogP contribution in [0.15, 0.2) is 23.1 Å². The lowest BCUT2D eigenvalue weighted by atomic mass is 10.1. The fraction of sp³-hybridized carbons (Fsp3) is 0.462. The number of carbonyl (C=O) groups is 1. The molecule has 0 aliphatic carbocycles. The number of benzene rings is 1. The van der Waals surface area contributed by atoms with Crippen LogP contribution in [0.3, 0.4) is 0 Å². The van der Waals surface area contributed by atoms with E-state index in [1.54, 1.807) is 13.8 Å². The number of rotatable bonds is 6. The van der Waals surface area contributed by atoms with Crippen LogP contribution in [0.25, 0.3) is 0 Å². The van der Waals surface area contributed by atoms with Crippen LogP contribution in [0.1, 0.15) is 24.2 Å². The van der Waals surface area contributed by atoms with Crippen LogP contribution < -0.4 is 10.5 Å². The monoisotopic (exact) mass is 316 g/mol. The second kappa shape index (κ2) is 6.42. The standard InChI is InChI=1S/C13H20N2O5S/c1-13(2,20-4)8-15-21(17,18)11-6-5-9(14)7-10(11)12(16)19-3/h5-7,15H,8,14H2,1-4H3. The predicted molar refractivity (Wildman–Crippen MR) is 78.5 cm³/mol. The topological polar surface area (TPSA) is 108 Å². The van der Waals surface area contributed by atoms with Gasteiger partial charge < -0.3 is 15.2 Å². The molecule has 0 spiro atoms. The molecular weight excluding hydrogens is 296 g/mol. The number of hydrogen-bond donors (Lipinski definition) is 2. The van der Waals surface area contributed by atoms with Crippen LogP contribution in [0, 0.1) is 0 Å². The Bertz CT molecular complexity index is 625. The Hall–Kier alpha value is -1.64. The normalized spacial score (nSPS) is 12.2. The fourth-order valence-electron chi connectivity index (χ4n) is 1.47. The van der Waals surface area contributed by atoms with Crippen molar-refractivity contribution in [2.24, 2.45) is 0 Å². The Morgan fingerprint density at radius 1 is 1.33 bits per heavy atom. The molecule has 3 N–H and O–H groups in total. The number of anilines is 1. The summed E-state index contributed by atoms with van der Waals surface area (Å²) in [6.45, 7) is 3.52. The number of sulfonamides is 1. The molecule has 1 aromatic carbocycles. The minimum Gasteiger partial charge on any atom is -0.465 e. The summed E-state index contributed by atoms with van der Waals surface area (Å²) in [4.78, 5) is 11.5. The molecule has 21 heavy (non-hydrogen) atoms. The van der Waals surface area contributed by atoms with Gasteiger partial charge in [-0.1, -0.05) is 0 Å². The molecule has 118 valence electrons. The SMILES string of the molecule is COC(=O)c1cc(N)ccc1S(=O)(=O)NCC(C)(C)OC. The lowest BCUT2D eigenvalue weighted by molar-refractivity contribution is 0.0276. The highest BCUT2D eigenvalue weighted by Gasteiger charge is 2.26. The average Bonchev–Trinajstić information content (AvgIpc) is 2.44. The Labute approximate surface area is 124 Å². The lowest BCUT2D eigenvalue weighted by Crippen LogP contribution is -2.40. The van der Waals surface area contributed by atoms with Gasteiger partial charge in [-0.25, -0.2) is 17.9 Å². The second-order valence-electron chi connectivity index (χ2n) is 5.04. The predicted octanol–water partition coefficient (Wildman–Crippen LogP) is 0.759. The molecule has 7 nitrogen and oxygen atoms in total. The van der Waals surface area contributed by atoms with Crippen molar-refractivity contribution in [3.8, 4) is 0 Å². The number of nitrogens with two attached hydrogens (primary N) is 1. The number of nitrogen functional groups attached to an aromatic ring is 1. The molecule has 0 fully saturated rings. The second-order valence-corrected chi connectivity index (χ2v) is 6.77. The van der Waals surface area contributed by atoms with Gasteiger partial charge in [0.1, 0.15) is 0 Å². The number of esters is 1. The van der Waals surface area contributed by atoms with Crippen molar-refractivity contribution < 1.29 is 22.7 Å². The summed E-state index contributed by atoms with van der Waals surface area (Å²) >= 11 is 0. The minimum absolute atomic E-state index is 0.0524. The quantitative estimate of drug-likeness (QED) is 0.592. The Balaban J connectivity index is 3.17. The number of nitrogens with one attached hydrogen (secondary N) is 1. The molecule has 0 amide bonds. The van der Waals surface area contributed by atoms with Crippen LogP contribution in [-0.4, -0.2) is 40.8 Å². The molecule has 8 heteroatoms. The molecule has 0 aliphatic rings. The molecule has 0 saturated carbocycles. The summed E-state index contributed by atoms with van der Waals surface area (Å²) in [5, 5.41) is 0. The van der Waals surface area contributed by atoms with Gasteiger partial charge in [-0.3, -0.25) is 0 Å². The van der Waals surface area contributed by atoms with E-state index in [-0.39, 0.29) is 22.7 Å². The molecule has 0 bridgehead atoms. The average molecular weight is 316 g/mol. The zero-order chi connectivity index (χ0) is 16.3. The molecule has 1 aromatic rings.